The summed E-state index contributed by atoms with van der Waals surface area (Å²) in [7, 11) is 1.51. The van der Waals surface area contributed by atoms with E-state index in [1.807, 2.05) is 12.1 Å². The molecule has 0 aliphatic heterocycles. The van der Waals surface area contributed by atoms with Crippen LogP contribution in [0.3, 0.4) is 0 Å². The van der Waals surface area contributed by atoms with E-state index in [0.29, 0.717) is 33.2 Å². The number of ether oxygens (including phenoxy) is 1. The highest BCUT2D eigenvalue weighted by Crippen LogP contribution is 2.30. The number of thiophene rings is 1. The second kappa shape index (κ2) is 8.69. The largest absolute Gasteiger partial charge is 0.496 e. The number of para-hydroxylation sites is 1. The Bertz CT molecular complexity index is 1300. The fourth-order valence-corrected chi connectivity index (χ4v) is 4.04. The van der Waals surface area contributed by atoms with E-state index in [1.165, 1.54) is 18.4 Å². The Hall–Kier alpha value is -4.16. The predicted molar refractivity (Wildman–Crippen MR) is 118 cm³/mol. The van der Waals surface area contributed by atoms with Crippen LogP contribution >= 0.6 is 11.3 Å². The molecule has 31 heavy (non-hydrogen) atoms. The molecule has 2 heterocycles. The quantitative estimate of drug-likeness (QED) is 0.427. The van der Waals surface area contributed by atoms with Gasteiger partial charge in [0.2, 0.25) is 5.91 Å². The number of methoxy groups -OCH3 is 1. The van der Waals surface area contributed by atoms with Crippen LogP contribution in [0.5, 0.6) is 5.75 Å². The number of carbonyl (C=O) groups is 2. The van der Waals surface area contributed by atoms with Crippen LogP contribution in [0.15, 0.2) is 54.6 Å². The molecule has 154 valence electrons. The highest BCUT2D eigenvalue weighted by molar-refractivity contribution is 7.18. The van der Waals surface area contributed by atoms with Gasteiger partial charge < -0.3 is 15.4 Å². The van der Waals surface area contributed by atoms with Crippen LogP contribution < -0.4 is 15.4 Å². The van der Waals surface area contributed by atoms with Crippen molar-refractivity contribution >= 4 is 44.9 Å². The third-order valence-electron chi connectivity index (χ3n) is 4.52. The zero-order valence-corrected chi connectivity index (χ0v) is 17.2. The predicted octanol–water partition coefficient (Wildman–Crippen LogP) is 3.94. The van der Waals surface area contributed by atoms with E-state index >= 15 is 0 Å². The van der Waals surface area contributed by atoms with Gasteiger partial charge in [0.15, 0.2) is 0 Å². The lowest BCUT2D eigenvalue weighted by atomic mass is 10.2. The van der Waals surface area contributed by atoms with E-state index in [9.17, 15) is 9.59 Å². The van der Waals surface area contributed by atoms with E-state index < -0.39 is 0 Å². The number of nitrogens with one attached hydrogen (secondary N) is 3. The maximum absolute atomic E-state index is 12.6. The molecule has 0 spiro atoms. The lowest BCUT2D eigenvalue weighted by Crippen LogP contribution is -2.14. The van der Waals surface area contributed by atoms with E-state index in [1.54, 1.807) is 48.5 Å². The zero-order chi connectivity index (χ0) is 21.8. The van der Waals surface area contributed by atoms with Crippen LogP contribution in [0.4, 0.5) is 11.5 Å². The summed E-state index contributed by atoms with van der Waals surface area (Å²) in [5, 5.41) is 22.2. The van der Waals surface area contributed by atoms with Crippen molar-refractivity contribution < 1.29 is 14.3 Å². The molecule has 0 radical (unpaired) electrons. The van der Waals surface area contributed by atoms with Gasteiger partial charge in [-0.25, -0.2) is 0 Å². The Kier molecular flexibility index (Phi) is 5.64. The molecule has 0 aliphatic rings. The van der Waals surface area contributed by atoms with Gasteiger partial charge in [-0.15, -0.1) is 11.3 Å². The summed E-state index contributed by atoms with van der Waals surface area (Å²) in [6.45, 7) is 0. The molecule has 0 atom stereocenters. The molecule has 0 aliphatic carbocycles. The van der Waals surface area contributed by atoms with Crippen molar-refractivity contribution in [3.05, 3.63) is 70.6 Å². The monoisotopic (exact) mass is 431 g/mol. The summed E-state index contributed by atoms with van der Waals surface area (Å²) < 4.78 is 5.24. The molecule has 0 saturated carbocycles. The van der Waals surface area contributed by atoms with Gasteiger partial charge >= 0.3 is 0 Å². The van der Waals surface area contributed by atoms with Gasteiger partial charge in [-0.3, -0.25) is 14.7 Å². The zero-order valence-electron chi connectivity index (χ0n) is 16.4. The van der Waals surface area contributed by atoms with E-state index in [4.69, 9.17) is 10.00 Å². The number of nitrogens with zero attached hydrogens (tertiary/aromatic N) is 2. The van der Waals surface area contributed by atoms with Crippen molar-refractivity contribution in [3.8, 4) is 11.8 Å². The average Bonchev–Trinajstić information content (AvgIpc) is 3.35. The second-order valence-electron chi connectivity index (χ2n) is 6.60. The van der Waals surface area contributed by atoms with Crippen molar-refractivity contribution in [1.29, 1.82) is 5.26 Å². The number of aromatic nitrogens is 2. The summed E-state index contributed by atoms with van der Waals surface area (Å²) >= 11 is 1.37. The summed E-state index contributed by atoms with van der Waals surface area (Å²) in [6, 6.07) is 17.5. The van der Waals surface area contributed by atoms with Crippen molar-refractivity contribution in [2.75, 3.05) is 17.7 Å². The Morgan fingerprint density at radius 1 is 1.16 bits per heavy atom. The summed E-state index contributed by atoms with van der Waals surface area (Å²) in [5.74, 6) is 0.425. The average molecular weight is 431 g/mol. The molecule has 9 heteroatoms. The topological polar surface area (TPSA) is 120 Å². The molecule has 4 rings (SSSR count). The number of benzene rings is 2. The van der Waals surface area contributed by atoms with Gasteiger partial charge in [0, 0.05) is 10.6 Å². The first-order chi connectivity index (χ1) is 15.1. The smallest absolute Gasteiger partial charge is 0.260 e. The second-order valence-corrected chi connectivity index (χ2v) is 7.71. The highest BCUT2D eigenvalue weighted by atomic mass is 32.1. The van der Waals surface area contributed by atoms with Crippen LogP contribution in [-0.2, 0) is 11.2 Å². The fraction of sp³-hybridized carbons (Fsp3) is 0.0909. The van der Waals surface area contributed by atoms with E-state index in [0.717, 1.165) is 10.3 Å². The molecule has 0 bridgehead atoms. The van der Waals surface area contributed by atoms with Crippen LogP contribution in [0, 0.1) is 11.3 Å². The summed E-state index contributed by atoms with van der Waals surface area (Å²) in [4.78, 5) is 26.5. The first-order valence-electron chi connectivity index (χ1n) is 9.28. The van der Waals surface area contributed by atoms with Crippen LogP contribution in [0.25, 0.3) is 10.2 Å². The molecule has 2 amide bonds. The fourth-order valence-electron chi connectivity index (χ4n) is 3.05. The van der Waals surface area contributed by atoms with E-state index in [2.05, 4.69) is 20.8 Å². The maximum atomic E-state index is 12.6. The first kappa shape index (κ1) is 20.1. The molecule has 2 aromatic carbocycles. The Morgan fingerprint density at radius 2 is 1.94 bits per heavy atom. The number of anilines is 2. The number of hydrogen-bond acceptors (Lipinski definition) is 6. The third kappa shape index (κ3) is 4.39. The standard InChI is InChI=1S/C22H17N5O3S/c1-30-18-5-3-2-4-16(18)21(29)25-20-17-10-15(31-22(17)27-26-20)11-19(28)24-14-8-6-13(12-23)7-9-14/h2-10H,11H2,1H3,(H,24,28)(H2,25,26,27,29). The number of carbonyl (C=O) groups excluding carboxylic acids is 2. The summed E-state index contributed by atoms with van der Waals surface area (Å²) in [5.41, 5.74) is 1.56. The van der Waals surface area contributed by atoms with Crippen molar-refractivity contribution in [2.45, 2.75) is 6.42 Å². The molecule has 0 unspecified atom stereocenters. The lowest BCUT2D eigenvalue weighted by Gasteiger charge is -2.07. The van der Waals surface area contributed by atoms with Crippen molar-refractivity contribution in [1.82, 2.24) is 10.2 Å². The van der Waals surface area contributed by atoms with Gasteiger partial charge in [0.1, 0.15) is 16.4 Å². The minimum Gasteiger partial charge on any atom is -0.496 e. The Morgan fingerprint density at radius 3 is 2.68 bits per heavy atom. The van der Waals surface area contributed by atoms with Gasteiger partial charge in [-0.05, 0) is 42.5 Å². The number of nitriles is 1. The Labute approximate surface area is 181 Å². The van der Waals surface area contributed by atoms with Crippen molar-refractivity contribution in [3.63, 3.8) is 0 Å². The number of hydrogen-bond donors (Lipinski definition) is 3. The maximum Gasteiger partial charge on any atom is 0.260 e. The number of fused-ring (bicyclic) bond motifs is 1. The molecular weight excluding hydrogens is 414 g/mol. The minimum absolute atomic E-state index is 0.168. The molecule has 0 fully saturated rings. The van der Waals surface area contributed by atoms with E-state index in [-0.39, 0.29) is 18.2 Å². The summed E-state index contributed by atoms with van der Waals surface area (Å²) in [6.07, 6.45) is 0.168. The molecule has 4 aromatic rings. The molecule has 3 N–H and O–H groups in total. The SMILES string of the molecule is COc1ccccc1C(=O)Nc1[nH]nc2sc(CC(=O)Nc3ccc(C#N)cc3)cc12. The molecule has 8 nitrogen and oxygen atoms in total. The number of amides is 2. The minimum atomic E-state index is -0.325. The van der Waals surface area contributed by atoms with Crippen molar-refractivity contribution in [2.24, 2.45) is 0 Å². The van der Waals surface area contributed by atoms with Crippen LogP contribution in [0.2, 0.25) is 0 Å². The van der Waals surface area contributed by atoms with Gasteiger partial charge in [0.05, 0.1) is 36.1 Å². The van der Waals surface area contributed by atoms with Gasteiger partial charge in [-0.1, -0.05) is 12.1 Å². The molecular formula is C22H17N5O3S. The van der Waals surface area contributed by atoms with Gasteiger partial charge in [-0.2, -0.15) is 10.4 Å². The first-order valence-corrected chi connectivity index (χ1v) is 10.1. The Balaban J connectivity index is 1.46. The molecule has 0 saturated heterocycles. The highest BCUT2D eigenvalue weighted by Gasteiger charge is 2.17. The van der Waals surface area contributed by atoms with Gasteiger partial charge in [0.25, 0.3) is 5.91 Å². The van der Waals surface area contributed by atoms with Crippen LogP contribution in [-0.4, -0.2) is 29.1 Å². The lowest BCUT2D eigenvalue weighted by molar-refractivity contribution is -0.115. The number of rotatable bonds is 6. The van der Waals surface area contributed by atoms with Crippen LogP contribution in [0.1, 0.15) is 20.8 Å². The molecule has 2 aromatic heterocycles. The number of aromatic amines is 1. The number of H-pyrrole nitrogens is 1. The third-order valence-corrected chi connectivity index (χ3v) is 5.55. The normalized spacial score (nSPS) is 10.5.